The van der Waals surface area contributed by atoms with E-state index in [-0.39, 0.29) is 11.7 Å². The molecule has 0 radical (unpaired) electrons. The Bertz CT molecular complexity index is 695. The highest BCUT2D eigenvalue weighted by atomic mass is 79.9. The van der Waals surface area contributed by atoms with Gasteiger partial charge in [-0.15, -0.1) is 0 Å². The van der Waals surface area contributed by atoms with E-state index in [0.717, 1.165) is 14.5 Å². The van der Waals surface area contributed by atoms with Crippen LogP contribution in [0.3, 0.4) is 0 Å². The highest BCUT2D eigenvalue weighted by molar-refractivity contribution is 9.11. The predicted molar refractivity (Wildman–Crippen MR) is 89.7 cm³/mol. The second-order valence-corrected chi connectivity index (χ2v) is 6.25. The highest BCUT2D eigenvalue weighted by Gasteiger charge is 2.06. The van der Waals surface area contributed by atoms with Crippen molar-refractivity contribution in [1.82, 2.24) is 5.43 Å². The van der Waals surface area contributed by atoms with E-state index in [0.29, 0.717) is 11.1 Å². The third kappa shape index (κ3) is 4.41. The fourth-order valence-electron chi connectivity index (χ4n) is 1.69. The fourth-order valence-corrected chi connectivity index (χ4v) is 2.98. The average molecular weight is 412 g/mol. The lowest BCUT2D eigenvalue weighted by Crippen LogP contribution is -2.17. The molecule has 108 valence electrons. The summed E-state index contributed by atoms with van der Waals surface area (Å²) in [5, 5.41) is 13.5. The summed E-state index contributed by atoms with van der Waals surface area (Å²) in [4.78, 5) is 12.0. The molecule has 0 aromatic heterocycles. The van der Waals surface area contributed by atoms with Crippen LogP contribution in [0.5, 0.6) is 5.75 Å². The van der Waals surface area contributed by atoms with E-state index in [4.69, 9.17) is 0 Å². The van der Waals surface area contributed by atoms with Crippen LogP contribution in [0.2, 0.25) is 0 Å². The number of hydrogen-bond acceptors (Lipinski definition) is 3. The second-order valence-electron chi connectivity index (χ2n) is 4.42. The number of carbonyl (C=O) groups excluding carboxylic acids is 1. The van der Waals surface area contributed by atoms with Crippen molar-refractivity contribution in [2.45, 2.75) is 6.92 Å². The lowest BCUT2D eigenvalue weighted by Gasteiger charge is -2.03. The van der Waals surface area contributed by atoms with Gasteiger partial charge in [0.25, 0.3) is 5.91 Å². The van der Waals surface area contributed by atoms with Crippen molar-refractivity contribution in [2.24, 2.45) is 5.10 Å². The number of halogens is 2. The fraction of sp³-hybridized carbons (Fsp3) is 0.0667. The van der Waals surface area contributed by atoms with E-state index in [1.54, 1.807) is 30.3 Å². The van der Waals surface area contributed by atoms with Gasteiger partial charge in [0.15, 0.2) is 0 Å². The van der Waals surface area contributed by atoms with Crippen LogP contribution in [0.15, 0.2) is 50.4 Å². The van der Waals surface area contributed by atoms with Crippen LogP contribution in [0.4, 0.5) is 0 Å². The molecule has 2 aromatic rings. The minimum atomic E-state index is -0.333. The molecule has 2 N–H and O–H groups in total. The van der Waals surface area contributed by atoms with Gasteiger partial charge in [-0.05, 0) is 37.3 Å². The molecule has 21 heavy (non-hydrogen) atoms. The van der Waals surface area contributed by atoms with Crippen molar-refractivity contribution in [3.05, 3.63) is 62.0 Å². The van der Waals surface area contributed by atoms with Crippen LogP contribution in [0.1, 0.15) is 21.5 Å². The van der Waals surface area contributed by atoms with Gasteiger partial charge in [-0.2, -0.15) is 5.10 Å². The first-order valence-electron chi connectivity index (χ1n) is 6.05. The molecule has 0 saturated carbocycles. The molecular weight excluding hydrogens is 400 g/mol. The maximum Gasteiger partial charge on any atom is 0.271 e. The van der Waals surface area contributed by atoms with Crippen molar-refractivity contribution >= 4 is 44.0 Å². The molecule has 0 unspecified atom stereocenters. The van der Waals surface area contributed by atoms with Gasteiger partial charge in [-0.1, -0.05) is 43.5 Å². The van der Waals surface area contributed by atoms with Gasteiger partial charge in [0, 0.05) is 20.1 Å². The standard InChI is InChI=1S/C15H12Br2N2O2/c1-9-2-3-14(20)11(4-9)8-18-19-15(21)10-5-12(16)7-13(17)6-10/h2-8,20H,1H3,(H,19,21)/b18-8-. The molecular formula is C15H12Br2N2O2. The summed E-state index contributed by atoms with van der Waals surface area (Å²) in [6, 6.07) is 10.4. The molecule has 1 amide bonds. The van der Waals surface area contributed by atoms with Gasteiger partial charge in [0.05, 0.1) is 6.21 Å². The van der Waals surface area contributed by atoms with Crippen molar-refractivity contribution < 1.29 is 9.90 Å². The lowest BCUT2D eigenvalue weighted by atomic mass is 10.1. The molecule has 0 bridgehead atoms. The molecule has 0 fully saturated rings. The van der Waals surface area contributed by atoms with E-state index in [9.17, 15) is 9.90 Å². The van der Waals surface area contributed by atoms with Crippen LogP contribution in [-0.4, -0.2) is 17.2 Å². The summed E-state index contributed by atoms with van der Waals surface area (Å²) >= 11 is 6.64. The number of amides is 1. The smallest absolute Gasteiger partial charge is 0.271 e. The van der Waals surface area contributed by atoms with Gasteiger partial charge >= 0.3 is 0 Å². The van der Waals surface area contributed by atoms with Gasteiger partial charge in [0.1, 0.15) is 5.75 Å². The summed E-state index contributed by atoms with van der Waals surface area (Å²) in [5.74, 6) is -0.218. The normalized spacial score (nSPS) is 10.8. The number of carbonyl (C=O) groups is 1. The predicted octanol–water partition coefficient (Wildman–Crippen LogP) is 3.99. The van der Waals surface area contributed by atoms with Crippen LogP contribution in [0.25, 0.3) is 0 Å². The summed E-state index contributed by atoms with van der Waals surface area (Å²) in [5.41, 5.74) is 4.44. The van der Waals surface area contributed by atoms with Crippen molar-refractivity contribution in [3.8, 4) is 5.75 Å². The van der Waals surface area contributed by atoms with E-state index < -0.39 is 0 Å². The van der Waals surface area contributed by atoms with Gasteiger partial charge in [-0.3, -0.25) is 4.79 Å². The van der Waals surface area contributed by atoms with Crippen molar-refractivity contribution in [1.29, 1.82) is 0 Å². The molecule has 0 saturated heterocycles. The number of rotatable bonds is 3. The number of hydrazone groups is 1. The van der Waals surface area contributed by atoms with E-state index in [1.807, 2.05) is 13.0 Å². The lowest BCUT2D eigenvalue weighted by molar-refractivity contribution is 0.0955. The Balaban J connectivity index is 2.10. The topological polar surface area (TPSA) is 61.7 Å². The summed E-state index contributed by atoms with van der Waals surface area (Å²) in [6.45, 7) is 1.91. The molecule has 0 heterocycles. The number of nitrogens with one attached hydrogen (secondary N) is 1. The zero-order valence-electron chi connectivity index (χ0n) is 11.1. The maximum absolute atomic E-state index is 12.0. The number of nitrogens with zero attached hydrogens (tertiary/aromatic N) is 1. The Morgan fingerprint density at radius 2 is 1.86 bits per heavy atom. The molecule has 6 heteroatoms. The van der Waals surface area contributed by atoms with Crippen molar-refractivity contribution in [3.63, 3.8) is 0 Å². The van der Waals surface area contributed by atoms with Gasteiger partial charge < -0.3 is 5.11 Å². The monoisotopic (exact) mass is 410 g/mol. The van der Waals surface area contributed by atoms with E-state index in [1.165, 1.54) is 6.21 Å². The molecule has 0 aliphatic rings. The highest BCUT2D eigenvalue weighted by Crippen LogP contribution is 2.20. The summed E-state index contributed by atoms with van der Waals surface area (Å²) < 4.78 is 1.59. The number of aromatic hydroxyl groups is 1. The first kappa shape index (κ1) is 15.7. The minimum absolute atomic E-state index is 0.115. The molecule has 0 spiro atoms. The quantitative estimate of drug-likeness (QED) is 0.592. The third-order valence-corrected chi connectivity index (χ3v) is 3.59. The Morgan fingerprint density at radius 1 is 1.19 bits per heavy atom. The number of hydrogen-bond donors (Lipinski definition) is 2. The average Bonchev–Trinajstić information content (AvgIpc) is 2.41. The zero-order valence-corrected chi connectivity index (χ0v) is 14.3. The maximum atomic E-state index is 12.0. The summed E-state index contributed by atoms with van der Waals surface area (Å²) in [7, 11) is 0. The first-order chi connectivity index (χ1) is 9.95. The number of aryl methyl sites for hydroxylation is 1. The summed E-state index contributed by atoms with van der Waals surface area (Å²) in [6.07, 6.45) is 1.41. The van der Waals surface area contributed by atoms with Crippen LogP contribution >= 0.6 is 31.9 Å². The Kier molecular flexibility index (Phi) is 5.14. The SMILES string of the molecule is Cc1ccc(O)c(/C=N\NC(=O)c2cc(Br)cc(Br)c2)c1. The van der Waals surface area contributed by atoms with Gasteiger partial charge in [-0.25, -0.2) is 5.43 Å². The van der Waals surface area contributed by atoms with Crippen LogP contribution < -0.4 is 5.43 Å². The Morgan fingerprint density at radius 3 is 2.52 bits per heavy atom. The molecule has 2 rings (SSSR count). The van der Waals surface area contributed by atoms with Crippen LogP contribution in [0, 0.1) is 6.92 Å². The van der Waals surface area contributed by atoms with E-state index in [2.05, 4.69) is 42.4 Å². The van der Waals surface area contributed by atoms with Gasteiger partial charge in [0.2, 0.25) is 0 Å². The van der Waals surface area contributed by atoms with E-state index >= 15 is 0 Å². The molecule has 0 aliphatic heterocycles. The molecule has 4 nitrogen and oxygen atoms in total. The largest absolute Gasteiger partial charge is 0.507 e. The zero-order chi connectivity index (χ0) is 15.4. The molecule has 0 aliphatic carbocycles. The number of phenolic OH excluding ortho intramolecular Hbond substituents is 1. The van der Waals surface area contributed by atoms with Crippen molar-refractivity contribution in [2.75, 3.05) is 0 Å². The number of benzene rings is 2. The minimum Gasteiger partial charge on any atom is -0.507 e. The van der Waals surface area contributed by atoms with Crippen LogP contribution in [-0.2, 0) is 0 Å². The number of phenols is 1. The molecule has 0 atom stereocenters. The Labute approximate surface area is 139 Å². The first-order valence-corrected chi connectivity index (χ1v) is 7.63. The second kappa shape index (κ2) is 6.87. The Hall–Kier alpha value is -1.66. The molecule has 2 aromatic carbocycles. The third-order valence-electron chi connectivity index (χ3n) is 2.68.